The number of benzene rings is 2. The van der Waals surface area contributed by atoms with E-state index in [1.807, 2.05) is 43.3 Å². The van der Waals surface area contributed by atoms with Gasteiger partial charge in [-0.25, -0.2) is 0 Å². The fourth-order valence-corrected chi connectivity index (χ4v) is 3.12. The molecule has 27 heavy (non-hydrogen) atoms. The molecule has 0 saturated heterocycles. The molecule has 0 atom stereocenters. The molecule has 1 N–H and O–H groups in total. The summed E-state index contributed by atoms with van der Waals surface area (Å²) in [6.45, 7) is 1.39. The Kier molecular flexibility index (Phi) is 5.94. The van der Waals surface area contributed by atoms with Crippen molar-refractivity contribution < 1.29 is 4.79 Å². The summed E-state index contributed by atoms with van der Waals surface area (Å²) in [7, 11) is 3.94. The van der Waals surface area contributed by atoms with Crippen LogP contribution in [0.3, 0.4) is 0 Å². The van der Waals surface area contributed by atoms with Crippen molar-refractivity contribution in [2.75, 3.05) is 26.0 Å². The number of anilines is 1. The Hall–Kier alpha value is -2.63. The number of carbonyl (C=O) groups excluding carboxylic acids is 1. The molecule has 0 fully saturated rings. The van der Waals surface area contributed by atoms with Crippen molar-refractivity contribution in [1.82, 2.24) is 9.47 Å². The highest BCUT2D eigenvalue weighted by Crippen LogP contribution is 2.22. The molecule has 2 aromatic carbocycles. The lowest BCUT2D eigenvalue weighted by molar-refractivity contribution is -0.115. The fourth-order valence-electron chi connectivity index (χ4n) is 2.92. The number of halogens is 1. The van der Waals surface area contributed by atoms with E-state index in [0.29, 0.717) is 22.6 Å². The van der Waals surface area contributed by atoms with Crippen LogP contribution < -0.4 is 10.9 Å². The number of rotatable bonds is 6. The van der Waals surface area contributed by atoms with E-state index in [1.54, 1.807) is 35.0 Å². The van der Waals surface area contributed by atoms with Gasteiger partial charge < -0.3 is 14.8 Å². The average molecular weight is 384 g/mol. The Labute approximate surface area is 163 Å². The maximum absolute atomic E-state index is 12.7. The topological polar surface area (TPSA) is 54.3 Å². The number of amides is 1. The molecule has 1 heterocycles. The zero-order valence-electron chi connectivity index (χ0n) is 15.4. The molecular weight excluding hydrogens is 362 g/mol. The number of aromatic nitrogens is 1. The van der Waals surface area contributed by atoms with Crippen LogP contribution in [0.25, 0.3) is 10.8 Å². The van der Waals surface area contributed by atoms with Gasteiger partial charge in [0, 0.05) is 40.8 Å². The van der Waals surface area contributed by atoms with Crippen LogP contribution in [0.5, 0.6) is 0 Å². The first-order chi connectivity index (χ1) is 13.0. The Bertz CT molecular complexity index is 1030. The number of carbonyl (C=O) groups is 1. The van der Waals surface area contributed by atoms with Crippen molar-refractivity contribution in [2.45, 2.75) is 13.0 Å². The number of pyridine rings is 1. The highest BCUT2D eigenvalue weighted by Gasteiger charge is 2.11. The van der Waals surface area contributed by atoms with Gasteiger partial charge >= 0.3 is 0 Å². The van der Waals surface area contributed by atoms with Crippen LogP contribution in [0.4, 0.5) is 5.69 Å². The summed E-state index contributed by atoms with van der Waals surface area (Å²) in [5, 5.41) is 4.79. The number of hydrogen-bond acceptors (Lipinski definition) is 3. The van der Waals surface area contributed by atoms with Gasteiger partial charge in [-0.1, -0.05) is 35.9 Å². The molecule has 0 aliphatic heterocycles. The van der Waals surface area contributed by atoms with E-state index in [9.17, 15) is 9.59 Å². The maximum atomic E-state index is 12.7. The van der Waals surface area contributed by atoms with Gasteiger partial charge in [-0.15, -0.1) is 0 Å². The van der Waals surface area contributed by atoms with Crippen LogP contribution in [0.1, 0.15) is 5.56 Å². The van der Waals surface area contributed by atoms with Crippen molar-refractivity contribution >= 4 is 34.0 Å². The van der Waals surface area contributed by atoms with E-state index in [1.165, 1.54) is 0 Å². The molecule has 0 radical (unpaired) electrons. The minimum Gasteiger partial charge on any atom is -0.325 e. The lowest BCUT2D eigenvalue weighted by Gasteiger charge is -2.13. The van der Waals surface area contributed by atoms with Crippen molar-refractivity contribution in [1.29, 1.82) is 0 Å². The van der Waals surface area contributed by atoms with Gasteiger partial charge in [0.15, 0.2) is 0 Å². The molecule has 0 aliphatic carbocycles. The largest absolute Gasteiger partial charge is 0.325 e. The first-order valence-corrected chi connectivity index (χ1v) is 9.13. The molecule has 0 aliphatic rings. The van der Waals surface area contributed by atoms with Gasteiger partial charge in [0.2, 0.25) is 5.91 Å². The SMILES string of the molecule is CN(C)CCn1ccc2c(NC(=O)Cc3ccccc3Cl)cccc2c1=O. The van der Waals surface area contributed by atoms with E-state index >= 15 is 0 Å². The van der Waals surface area contributed by atoms with Gasteiger partial charge in [0.25, 0.3) is 5.56 Å². The van der Waals surface area contributed by atoms with E-state index in [0.717, 1.165) is 17.5 Å². The molecule has 5 nitrogen and oxygen atoms in total. The van der Waals surface area contributed by atoms with Gasteiger partial charge in [-0.2, -0.15) is 0 Å². The van der Waals surface area contributed by atoms with Crippen molar-refractivity contribution in [3.05, 3.63) is 75.7 Å². The third kappa shape index (κ3) is 4.56. The Morgan fingerprint density at radius 3 is 2.59 bits per heavy atom. The molecule has 3 rings (SSSR count). The first kappa shape index (κ1) is 19.1. The third-order valence-electron chi connectivity index (χ3n) is 4.39. The lowest BCUT2D eigenvalue weighted by atomic mass is 10.1. The van der Waals surface area contributed by atoms with Gasteiger partial charge in [-0.3, -0.25) is 9.59 Å². The summed E-state index contributed by atoms with van der Waals surface area (Å²) in [4.78, 5) is 27.2. The van der Waals surface area contributed by atoms with Crippen LogP contribution in [0, 0.1) is 0 Å². The monoisotopic (exact) mass is 383 g/mol. The minimum atomic E-state index is -0.174. The average Bonchev–Trinajstić information content (AvgIpc) is 2.63. The number of hydrogen-bond donors (Lipinski definition) is 1. The molecule has 1 amide bonds. The molecule has 1 aromatic heterocycles. The van der Waals surface area contributed by atoms with Crippen LogP contribution in [-0.4, -0.2) is 36.0 Å². The minimum absolute atomic E-state index is 0.0587. The van der Waals surface area contributed by atoms with Crippen LogP contribution in [0.15, 0.2) is 59.5 Å². The first-order valence-electron chi connectivity index (χ1n) is 8.76. The lowest BCUT2D eigenvalue weighted by Crippen LogP contribution is -2.26. The van der Waals surface area contributed by atoms with Gasteiger partial charge in [0.05, 0.1) is 6.42 Å². The summed E-state index contributed by atoms with van der Waals surface area (Å²) in [5.41, 5.74) is 1.33. The zero-order valence-corrected chi connectivity index (χ0v) is 16.2. The second-order valence-corrected chi connectivity index (χ2v) is 7.11. The fraction of sp³-hybridized carbons (Fsp3) is 0.238. The summed E-state index contributed by atoms with van der Waals surface area (Å²) < 4.78 is 1.69. The highest BCUT2D eigenvalue weighted by atomic mass is 35.5. The maximum Gasteiger partial charge on any atom is 0.258 e. The van der Waals surface area contributed by atoms with Crippen LogP contribution >= 0.6 is 11.6 Å². The molecule has 6 heteroatoms. The van der Waals surface area contributed by atoms with Crippen molar-refractivity contribution in [3.63, 3.8) is 0 Å². The predicted molar refractivity (Wildman–Crippen MR) is 111 cm³/mol. The smallest absolute Gasteiger partial charge is 0.258 e. The second kappa shape index (κ2) is 8.37. The van der Waals surface area contributed by atoms with Crippen LogP contribution in [-0.2, 0) is 17.8 Å². The molecule has 0 unspecified atom stereocenters. The molecular formula is C21H22ClN3O2. The Balaban J connectivity index is 1.85. The third-order valence-corrected chi connectivity index (χ3v) is 4.76. The number of likely N-dealkylation sites (N-methyl/N-ethyl adjacent to an activating group) is 1. The summed E-state index contributed by atoms with van der Waals surface area (Å²) in [6.07, 6.45) is 1.95. The summed E-state index contributed by atoms with van der Waals surface area (Å²) in [5.74, 6) is -0.174. The van der Waals surface area contributed by atoms with Crippen molar-refractivity contribution in [2.24, 2.45) is 0 Å². The van der Waals surface area contributed by atoms with Crippen molar-refractivity contribution in [3.8, 4) is 0 Å². The quantitative estimate of drug-likeness (QED) is 0.709. The predicted octanol–water partition coefficient (Wildman–Crippen LogP) is 3.40. The number of nitrogens with one attached hydrogen (secondary N) is 1. The molecule has 140 valence electrons. The van der Waals surface area contributed by atoms with Gasteiger partial charge in [0.1, 0.15) is 0 Å². The van der Waals surface area contributed by atoms with E-state index in [4.69, 9.17) is 11.6 Å². The summed E-state index contributed by atoms with van der Waals surface area (Å²) in [6, 6.07) is 14.5. The van der Waals surface area contributed by atoms with E-state index < -0.39 is 0 Å². The summed E-state index contributed by atoms with van der Waals surface area (Å²) >= 11 is 6.13. The highest BCUT2D eigenvalue weighted by molar-refractivity contribution is 6.31. The molecule has 3 aromatic rings. The van der Waals surface area contributed by atoms with Gasteiger partial charge in [-0.05, 0) is 43.9 Å². The van der Waals surface area contributed by atoms with E-state index in [-0.39, 0.29) is 17.9 Å². The molecule has 0 saturated carbocycles. The standard InChI is InChI=1S/C21H22ClN3O2/c1-24(2)12-13-25-11-10-16-17(21(25)27)7-5-9-19(16)23-20(26)14-15-6-3-4-8-18(15)22/h3-11H,12-14H2,1-2H3,(H,23,26). The number of fused-ring (bicyclic) bond motifs is 1. The Morgan fingerprint density at radius 1 is 1.07 bits per heavy atom. The zero-order chi connectivity index (χ0) is 19.4. The molecule has 0 spiro atoms. The number of nitrogens with zero attached hydrogens (tertiary/aromatic N) is 2. The van der Waals surface area contributed by atoms with Crippen LogP contribution in [0.2, 0.25) is 5.02 Å². The Morgan fingerprint density at radius 2 is 1.85 bits per heavy atom. The van der Waals surface area contributed by atoms with E-state index in [2.05, 4.69) is 5.32 Å². The normalized spacial score (nSPS) is 11.1. The molecule has 0 bridgehead atoms. The second-order valence-electron chi connectivity index (χ2n) is 6.70.